The molecule has 0 saturated heterocycles. The highest BCUT2D eigenvalue weighted by atomic mass is 16.3. The summed E-state index contributed by atoms with van der Waals surface area (Å²) in [5, 5.41) is 18.6. The topological polar surface area (TPSA) is 56.9 Å². The number of pyridine rings is 1. The Bertz CT molecular complexity index is 374. The summed E-state index contributed by atoms with van der Waals surface area (Å²) in [6, 6.07) is 5.45. The second-order valence-electron chi connectivity index (χ2n) is 3.27. The monoisotopic (exact) mass is 188 g/mol. The van der Waals surface area contributed by atoms with Gasteiger partial charge in [-0.3, -0.25) is 4.98 Å². The Labute approximate surface area is 83.3 Å². The van der Waals surface area contributed by atoms with Gasteiger partial charge in [0.1, 0.15) is 5.76 Å². The number of hydrogen-bond acceptors (Lipinski definition) is 3. The molecule has 1 aromatic heterocycles. The molecule has 1 rings (SSSR count). The zero-order chi connectivity index (χ0) is 10.6. The first-order valence-electron chi connectivity index (χ1n) is 4.40. The van der Waals surface area contributed by atoms with E-state index in [1.54, 1.807) is 18.3 Å². The SMILES string of the molecule is CC(C)C(C#N)=C(O)c1cccnc1. The molecule has 0 aromatic carbocycles. The number of aliphatic hydroxyl groups excluding tert-OH is 1. The van der Waals surface area contributed by atoms with Gasteiger partial charge in [0.25, 0.3) is 0 Å². The highest BCUT2D eigenvalue weighted by Crippen LogP contribution is 2.19. The molecule has 3 heteroatoms. The van der Waals surface area contributed by atoms with E-state index in [0.29, 0.717) is 11.1 Å². The second kappa shape index (κ2) is 4.43. The summed E-state index contributed by atoms with van der Waals surface area (Å²) in [4.78, 5) is 3.88. The van der Waals surface area contributed by atoms with Crippen LogP contribution in [0.4, 0.5) is 0 Å². The van der Waals surface area contributed by atoms with E-state index in [9.17, 15) is 5.11 Å². The molecule has 0 bridgehead atoms. The fourth-order valence-corrected chi connectivity index (χ4v) is 1.11. The molecular formula is C11H12N2O. The normalized spacial score (nSPS) is 12.1. The molecule has 72 valence electrons. The van der Waals surface area contributed by atoms with Crippen LogP contribution in [0.1, 0.15) is 19.4 Å². The summed E-state index contributed by atoms with van der Waals surface area (Å²) < 4.78 is 0. The Hall–Kier alpha value is -1.82. The van der Waals surface area contributed by atoms with E-state index >= 15 is 0 Å². The molecule has 14 heavy (non-hydrogen) atoms. The van der Waals surface area contributed by atoms with Crippen molar-refractivity contribution in [2.75, 3.05) is 0 Å². The van der Waals surface area contributed by atoms with Gasteiger partial charge >= 0.3 is 0 Å². The van der Waals surface area contributed by atoms with Gasteiger partial charge < -0.3 is 5.11 Å². The van der Waals surface area contributed by atoms with E-state index in [4.69, 9.17) is 5.26 Å². The highest BCUT2D eigenvalue weighted by molar-refractivity contribution is 5.64. The van der Waals surface area contributed by atoms with Crippen molar-refractivity contribution in [2.24, 2.45) is 5.92 Å². The maximum Gasteiger partial charge on any atom is 0.138 e. The minimum absolute atomic E-state index is 0.0141. The molecule has 0 fully saturated rings. The minimum atomic E-state index is 0.0141. The number of hydrogen-bond donors (Lipinski definition) is 1. The van der Waals surface area contributed by atoms with Gasteiger partial charge in [0.2, 0.25) is 0 Å². The molecule has 1 aromatic rings. The van der Waals surface area contributed by atoms with Crippen molar-refractivity contribution in [3.05, 3.63) is 35.7 Å². The summed E-state index contributed by atoms with van der Waals surface area (Å²) in [6.45, 7) is 3.73. The first-order chi connectivity index (χ1) is 6.66. The van der Waals surface area contributed by atoms with Crippen LogP contribution in [0.5, 0.6) is 0 Å². The number of rotatable bonds is 2. The lowest BCUT2D eigenvalue weighted by Crippen LogP contribution is -1.97. The van der Waals surface area contributed by atoms with Crippen molar-refractivity contribution in [2.45, 2.75) is 13.8 Å². The third kappa shape index (κ3) is 2.11. The van der Waals surface area contributed by atoms with Crippen LogP contribution in [0.3, 0.4) is 0 Å². The molecule has 0 aliphatic carbocycles. The van der Waals surface area contributed by atoms with E-state index in [2.05, 4.69) is 4.98 Å². The van der Waals surface area contributed by atoms with Crippen LogP contribution in [0.25, 0.3) is 5.76 Å². The quantitative estimate of drug-likeness (QED) is 0.573. The first kappa shape index (κ1) is 10.3. The molecule has 0 atom stereocenters. The summed E-state index contributed by atoms with van der Waals surface area (Å²) in [5.41, 5.74) is 0.968. The van der Waals surface area contributed by atoms with Gasteiger partial charge in [0.15, 0.2) is 0 Å². The highest BCUT2D eigenvalue weighted by Gasteiger charge is 2.10. The van der Waals surface area contributed by atoms with E-state index in [1.165, 1.54) is 6.20 Å². The minimum Gasteiger partial charge on any atom is -0.506 e. The van der Waals surface area contributed by atoms with Gasteiger partial charge in [0, 0.05) is 18.0 Å². The van der Waals surface area contributed by atoms with Crippen LogP contribution in [0, 0.1) is 17.2 Å². The number of nitrogens with zero attached hydrogens (tertiary/aromatic N) is 2. The fraction of sp³-hybridized carbons (Fsp3) is 0.273. The van der Waals surface area contributed by atoms with Crippen molar-refractivity contribution >= 4 is 5.76 Å². The van der Waals surface area contributed by atoms with E-state index < -0.39 is 0 Å². The number of allylic oxidation sites excluding steroid dienone is 1. The number of nitriles is 1. The van der Waals surface area contributed by atoms with Crippen molar-refractivity contribution < 1.29 is 5.11 Å². The lowest BCUT2D eigenvalue weighted by atomic mass is 10.0. The third-order valence-electron chi connectivity index (χ3n) is 1.89. The molecule has 1 N–H and O–H groups in total. The smallest absolute Gasteiger partial charge is 0.138 e. The van der Waals surface area contributed by atoms with E-state index in [-0.39, 0.29) is 11.7 Å². The summed E-state index contributed by atoms with van der Waals surface area (Å²) in [7, 11) is 0. The zero-order valence-electron chi connectivity index (χ0n) is 8.23. The second-order valence-corrected chi connectivity index (χ2v) is 3.27. The van der Waals surface area contributed by atoms with Crippen LogP contribution >= 0.6 is 0 Å². The average Bonchev–Trinajstić information content (AvgIpc) is 2.19. The van der Waals surface area contributed by atoms with Gasteiger partial charge in [-0.15, -0.1) is 0 Å². The molecule has 0 aliphatic heterocycles. The molecule has 0 unspecified atom stereocenters. The fourth-order valence-electron chi connectivity index (χ4n) is 1.11. The predicted octanol–water partition coefficient (Wildman–Crippen LogP) is 2.53. The summed E-state index contributed by atoms with van der Waals surface area (Å²) in [6.07, 6.45) is 3.16. The number of aliphatic hydroxyl groups is 1. The lowest BCUT2D eigenvalue weighted by molar-refractivity contribution is 0.501. The molecule has 0 saturated carbocycles. The van der Waals surface area contributed by atoms with Crippen molar-refractivity contribution in [3.8, 4) is 6.07 Å². The van der Waals surface area contributed by atoms with Crippen LogP contribution < -0.4 is 0 Å². The summed E-state index contributed by atoms with van der Waals surface area (Å²) in [5.74, 6) is 0.0378. The Morgan fingerprint density at radius 1 is 1.57 bits per heavy atom. The van der Waals surface area contributed by atoms with Crippen LogP contribution in [0.2, 0.25) is 0 Å². The predicted molar refractivity (Wildman–Crippen MR) is 54.2 cm³/mol. The van der Waals surface area contributed by atoms with Gasteiger partial charge in [0.05, 0.1) is 11.6 Å². The zero-order valence-corrected chi connectivity index (χ0v) is 8.23. The summed E-state index contributed by atoms with van der Waals surface area (Å²) >= 11 is 0. The van der Waals surface area contributed by atoms with Gasteiger partial charge in [-0.1, -0.05) is 13.8 Å². The maximum atomic E-state index is 9.77. The molecule has 0 aliphatic rings. The largest absolute Gasteiger partial charge is 0.506 e. The van der Waals surface area contributed by atoms with E-state index in [0.717, 1.165) is 0 Å². The number of aromatic nitrogens is 1. The average molecular weight is 188 g/mol. The van der Waals surface area contributed by atoms with Crippen LogP contribution in [0.15, 0.2) is 30.1 Å². The van der Waals surface area contributed by atoms with Gasteiger partial charge in [-0.05, 0) is 18.1 Å². The van der Waals surface area contributed by atoms with E-state index in [1.807, 2.05) is 19.9 Å². The standard InChI is InChI=1S/C11H12N2O/c1-8(2)10(6-12)11(14)9-4-3-5-13-7-9/h3-5,7-8,14H,1-2H3. The molecule has 0 amide bonds. The van der Waals surface area contributed by atoms with Crippen molar-refractivity contribution in [3.63, 3.8) is 0 Å². The van der Waals surface area contributed by atoms with Crippen molar-refractivity contribution in [1.29, 1.82) is 5.26 Å². The lowest BCUT2D eigenvalue weighted by Gasteiger charge is -2.06. The Morgan fingerprint density at radius 2 is 2.29 bits per heavy atom. The molecule has 3 nitrogen and oxygen atoms in total. The van der Waals surface area contributed by atoms with Crippen LogP contribution in [-0.4, -0.2) is 10.1 Å². The van der Waals surface area contributed by atoms with Gasteiger partial charge in [-0.25, -0.2) is 0 Å². The molecular weight excluding hydrogens is 176 g/mol. The first-order valence-corrected chi connectivity index (χ1v) is 4.40. The van der Waals surface area contributed by atoms with Crippen LogP contribution in [-0.2, 0) is 0 Å². The maximum absolute atomic E-state index is 9.77. The Balaban J connectivity index is 3.17. The van der Waals surface area contributed by atoms with Crippen molar-refractivity contribution in [1.82, 2.24) is 4.98 Å². The molecule has 0 radical (unpaired) electrons. The Kier molecular flexibility index (Phi) is 3.24. The molecule has 1 heterocycles. The molecule has 0 spiro atoms. The Morgan fingerprint density at radius 3 is 2.71 bits per heavy atom. The van der Waals surface area contributed by atoms with Gasteiger partial charge in [-0.2, -0.15) is 5.26 Å². The third-order valence-corrected chi connectivity index (χ3v) is 1.89.